The van der Waals surface area contributed by atoms with Crippen molar-refractivity contribution in [2.45, 2.75) is 13.0 Å². The third kappa shape index (κ3) is 2.94. The number of carbonyl (C=O) groups is 2. The van der Waals surface area contributed by atoms with E-state index in [0.717, 1.165) is 5.56 Å². The van der Waals surface area contributed by atoms with Crippen LogP contribution in [0.2, 0.25) is 5.02 Å². The zero-order valence-corrected chi connectivity index (χ0v) is 9.93. The molecule has 1 rings (SSSR count). The van der Waals surface area contributed by atoms with E-state index in [1.165, 1.54) is 11.3 Å². The predicted octanol–water partition coefficient (Wildman–Crippen LogP) is 0.885. The average Bonchev–Trinajstić information content (AvgIpc) is 2.55. The lowest BCUT2D eigenvalue weighted by molar-refractivity contribution is -0.146. The van der Waals surface area contributed by atoms with Gasteiger partial charge in [-0.1, -0.05) is 11.6 Å². The molecule has 0 fully saturated rings. The van der Waals surface area contributed by atoms with Crippen LogP contribution in [-0.4, -0.2) is 34.7 Å². The highest BCUT2D eigenvalue weighted by Crippen LogP contribution is 2.26. The molecule has 0 aliphatic rings. The number of aliphatic carboxylic acids is 1. The van der Waals surface area contributed by atoms with Gasteiger partial charge in [-0.05, 0) is 17.9 Å². The minimum Gasteiger partial charge on any atom is -0.479 e. The Morgan fingerprint density at radius 1 is 1.62 bits per heavy atom. The van der Waals surface area contributed by atoms with Crippen LogP contribution in [0, 0.1) is 6.92 Å². The van der Waals surface area contributed by atoms with Crippen molar-refractivity contribution in [3.63, 3.8) is 0 Å². The fourth-order valence-electron chi connectivity index (χ4n) is 0.940. The van der Waals surface area contributed by atoms with Crippen molar-refractivity contribution in [1.82, 2.24) is 5.32 Å². The van der Waals surface area contributed by atoms with Crippen molar-refractivity contribution in [2.24, 2.45) is 0 Å². The molecule has 0 bridgehead atoms. The normalized spacial score (nSPS) is 12.2. The molecule has 0 saturated carbocycles. The number of nitrogens with one attached hydrogen (secondary N) is 1. The van der Waals surface area contributed by atoms with Crippen LogP contribution in [0.3, 0.4) is 0 Å². The number of aryl methyl sites for hydroxylation is 1. The van der Waals surface area contributed by atoms with Gasteiger partial charge in [-0.2, -0.15) is 0 Å². The number of carboxylic acids is 1. The van der Waals surface area contributed by atoms with E-state index in [0.29, 0.717) is 9.90 Å². The Morgan fingerprint density at radius 2 is 2.25 bits per heavy atom. The van der Waals surface area contributed by atoms with Crippen molar-refractivity contribution in [3.8, 4) is 0 Å². The van der Waals surface area contributed by atoms with Gasteiger partial charge in [0.2, 0.25) is 0 Å². The predicted molar refractivity (Wildman–Crippen MR) is 60.0 cm³/mol. The van der Waals surface area contributed by atoms with Gasteiger partial charge in [0.15, 0.2) is 6.10 Å². The zero-order chi connectivity index (χ0) is 12.3. The summed E-state index contributed by atoms with van der Waals surface area (Å²) >= 11 is 7.02. The molecule has 1 aromatic heterocycles. The van der Waals surface area contributed by atoms with Gasteiger partial charge in [0.1, 0.15) is 4.88 Å². The zero-order valence-electron chi connectivity index (χ0n) is 8.36. The van der Waals surface area contributed by atoms with Crippen LogP contribution in [0.1, 0.15) is 15.2 Å². The molecule has 88 valence electrons. The van der Waals surface area contributed by atoms with E-state index < -0.39 is 18.0 Å². The van der Waals surface area contributed by atoms with Crippen molar-refractivity contribution in [3.05, 3.63) is 20.8 Å². The SMILES string of the molecule is Cc1csc(C(=O)NC[C@H](O)C(=O)O)c1Cl. The van der Waals surface area contributed by atoms with Gasteiger partial charge in [0.05, 0.1) is 11.6 Å². The van der Waals surface area contributed by atoms with Gasteiger partial charge in [-0.3, -0.25) is 4.79 Å². The van der Waals surface area contributed by atoms with Crippen LogP contribution in [0.5, 0.6) is 0 Å². The first-order valence-electron chi connectivity index (χ1n) is 4.36. The molecule has 1 amide bonds. The van der Waals surface area contributed by atoms with Crippen LogP contribution in [-0.2, 0) is 4.79 Å². The lowest BCUT2D eigenvalue weighted by Gasteiger charge is -2.06. The van der Waals surface area contributed by atoms with Crippen LogP contribution in [0.4, 0.5) is 0 Å². The highest BCUT2D eigenvalue weighted by atomic mass is 35.5. The Morgan fingerprint density at radius 3 is 2.69 bits per heavy atom. The summed E-state index contributed by atoms with van der Waals surface area (Å²) in [7, 11) is 0. The number of carboxylic acid groups (broad SMARTS) is 1. The van der Waals surface area contributed by atoms with Gasteiger partial charge >= 0.3 is 5.97 Å². The molecular weight excluding hydrogens is 254 g/mol. The minimum atomic E-state index is -1.61. The number of hydrogen-bond donors (Lipinski definition) is 3. The molecular formula is C9H10ClNO4S. The molecule has 0 aromatic carbocycles. The lowest BCUT2D eigenvalue weighted by Crippen LogP contribution is -2.36. The fourth-order valence-corrected chi connectivity index (χ4v) is 2.13. The van der Waals surface area contributed by atoms with Gasteiger partial charge < -0.3 is 15.5 Å². The molecule has 1 heterocycles. The molecule has 16 heavy (non-hydrogen) atoms. The number of thiophene rings is 1. The van der Waals surface area contributed by atoms with E-state index in [4.69, 9.17) is 21.8 Å². The van der Waals surface area contributed by atoms with E-state index in [9.17, 15) is 9.59 Å². The van der Waals surface area contributed by atoms with Gasteiger partial charge in [-0.25, -0.2) is 4.79 Å². The molecule has 3 N–H and O–H groups in total. The second-order valence-corrected chi connectivity index (χ2v) is 4.38. The summed E-state index contributed by atoms with van der Waals surface area (Å²) < 4.78 is 0. The molecule has 0 saturated heterocycles. The monoisotopic (exact) mass is 263 g/mol. The number of aliphatic hydroxyl groups is 1. The Hall–Kier alpha value is -1.11. The highest BCUT2D eigenvalue weighted by molar-refractivity contribution is 7.13. The first-order chi connectivity index (χ1) is 7.43. The molecule has 0 aliphatic carbocycles. The second kappa shape index (κ2) is 5.29. The molecule has 0 spiro atoms. The van der Waals surface area contributed by atoms with E-state index in [1.807, 2.05) is 0 Å². The molecule has 7 heteroatoms. The Kier molecular flexibility index (Phi) is 4.28. The second-order valence-electron chi connectivity index (χ2n) is 3.13. The van der Waals surface area contributed by atoms with E-state index in [-0.39, 0.29) is 6.54 Å². The maximum Gasteiger partial charge on any atom is 0.334 e. The fraction of sp³-hybridized carbons (Fsp3) is 0.333. The largest absolute Gasteiger partial charge is 0.479 e. The summed E-state index contributed by atoms with van der Waals surface area (Å²) in [6.45, 7) is 1.42. The lowest BCUT2D eigenvalue weighted by atomic mass is 10.3. The third-order valence-electron chi connectivity index (χ3n) is 1.85. The minimum absolute atomic E-state index is 0.316. The van der Waals surface area contributed by atoms with Gasteiger partial charge in [-0.15, -0.1) is 11.3 Å². The molecule has 1 atom stereocenters. The topological polar surface area (TPSA) is 86.6 Å². The summed E-state index contributed by atoms with van der Waals surface area (Å²) in [5, 5.41) is 21.7. The molecule has 0 unspecified atom stereocenters. The van der Waals surface area contributed by atoms with Crippen LogP contribution in [0.15, 0.2) is 5.38 Å². The van der Waals surface area contributed by atoms with Crippen LogP contribution in [0.25, 0.3) is 0 Å². The molecule has 0 aliphatic heterocycles. The summed E-state index contributed by atoms with van der Waals surface area (Å²) in [6.07, 6.45) is -1.61. The first kappa shape index (κ1) is 13.0. The Balaban J connectivity index is 2.60. The summed E-state index contributed by atoms with van der Waals surface area (Å²) in [6, 6.07) is 0. The number of aliphatic hydroxyl groups excluding tert-OH is 1. The van der Waals surface area contributed by atoms with E-state index >= 15 is 0 Å². The standard InChI is InChI=1S/C9H10ClNO4S/c1-4-3-16-7(6(4)10)8(13)11-2-5(12)9(14)15/h3,5,12H,2H2,1H3,(H,11,13)(H,14,15)/t5-/m0/s1. The van der Waals surface area contributed by atoms with Crippen LogP contribution >= 0.6 is 22.9 Å². The third-order valence-corrected chi connectivity index (χ3v) is 3.54. The average molecular weight is 264 g/mol. The smallest absolute Gasteiger partial charge is 0.334 e. The van der Waals surface area contributed by atoms with Crippen LogP contribution < -0.4 is 5.32 Å². The molecule has 5 nitrogen and oxygen atoms in total. The maximum atomic E-state index is 11.5. The van der Waals surface area contributed by atoms with Crippen molar-refractivity contribution >= 4 is 34.8 Å². The quantitative estimate of drug-likeness (QED) is 0.753. The van der Waals surface area contributed by atoms with Gasteiger partial charge in [0, 0.05) is 0 Å². The Labute approximate surface area is 101 Å². The number of carbonyl (C=O) groups excluding carboxylic acids is 1. The summed E-state index contributed by atoms with van der Waals surface area (Å²) in [5.74, 6) is -1.86. The number of halogens is 1. The Bertz CT molecular complexity index is 418. The molecule has 0 radical (unpaired) electrons. The number of hydrogen-bond acceptors (Lipinski definition) is 4. The maximum absolute atomic E-state index is 11.5. The van der Waals surface area contributed by atoms with E-state index in [1.54, 1.807) is 12.3 Å². The molecule has 1 aromatic rings. The van der Waals surface area contributed by atoms with Crippen molar-refractivity contribution < 1.29 is 19.8 Å². The number of rotatable bonds is 4. The summed E-state index contributed by atoms with van der Waals surface area (Å²) in [4.78, 5) is 22.1. The first-order valence-corrected chi connectivity index (χ1v) is 5.62. The van der Waals surface area contributed by atoms with E-state index in [2.05, 4.69) is 5.32 Å². The van der Waals surface area contributed by atoms with Gasteiger partial charge in [0.25, 0.3) is 5.91 Å². The van der Waals surface area contributed by atoms with Crippen molar-refractivity contribution in [2.75, 3.05) is 6.54 Å². The summed E-state index contributed by atoms with van der Waals surface area (Å²) in [5.41, 5.74) is 0.788. The van der Waals surface area contributed by atoms with Crippen molar-refractivity contribution in [1.29, 1.82) is 0 Å². The highest BCUT2D eigenvalue weighted by Gasteiger charge is 2.18. The number of amides is 1.